The molecule has 6 heteroatoms. The molecule has 1 aromatic heterocycles. The lowest BCUT2D eigenvalue weighted by Gasteiger charge is -2.09. The van der Waals surface area contributed by atoms with E-state index < -0.39 is 0 Å². The Morgan fingerprint density at radius 1 is 0.885 bits per heavy atom. The van der Waals surface area contributed by atoms with Gasteiger partial charge in [0.2, 0.25) is 6.79 Å². The average Bonchev–Trinajstić information content (AvgIpc) is 3.15. The average molecular weight is 348 g/mol. The summed E-state index contributed by atoms with van der Waals surface area (Å²) in [6.45, 7) is 3.07. The molecular weight excluding hydrogens is 328 g/mol. The lowest BCUT2D eigenvalue weighted by Crippen LogP contribution is -2.03. The molecule has 0 unspecified atom stereocenters. The lowest BCUT2D eigenvalue weighted by atomic mass is 10.1. The molecule has 1 aliphatic heterocycles. The molecule has 0 radical (unpaired) electrons. The van der Waals surface area contributed by atoms with Gasteiger partial charge in [-0.25, -0.2) is 9.97 Å². The van der Waals surface area contributed by atoms with Gasteiger partial charge in [-0.2, -0.15) is 0 Å². The van der Waals surface area contributed by atoms with Crippen molar-refractivity contribution in [2.24, 2.45) is 0 Å². The zero-order chi connectivity index (χ0) is 17.8. The molecule has 1 aliphatic rings. The smallest absolute Gasteiger partial charge is 0.231 e. The molecule has 2 aromatic carbocycles. The van der Waals surface area contributed by atoms with Gasteiger partial charge in [0.05, 0.1) is 0 Å². The highest BCUT2D eigenvalue weighted by Crippen LogP contribution is 2.32. The van der Waals surface area contributed by atoms with E-state index in [1.807, 2.05) is 24.3 Å². The highest BCUT2D eigenvalue weighted by Gasteiger charge is 2.13. The number of nitrogens with one attached hydrogen (secondary N) is 2. The monoisotopic (exact) mass is 348 g/mol. The molecule has 0 bridgehead atoms. The quantitative estimate of drug-likeness (QED) is 0.698. The third-order valence-corrected chi connectivity index (χ3v) is 4.21. The number of hydrogen-bond acceptors (Lipinski definition) is 6. The first-order valence-electron chi connectivity index (χ1n) is 8.60. The van der Waals surface area contributed by atoms with Crippen LogP contribution >= 0.6 is 0 Å². The maximum atomic E-state index is 5.41. The first kappa shape index (κ1) is 16.2. The van der Waals surface area contributed by atoms with E-state index in [4.69, 9.17) is 9.47 Å². The van der Waals surface area contributed by atoms with Crippen molar-refractivity contribution >= 4 is 17.3 Å². The Labute approximate surface area is 152 Å². The van der Waals surface area contributed by atoms with Crippen molar-refractivity contribution in [3.8, 4) is 11.5 Å². The maximum Gasteiger partial charge on any atom is 0.231 e. The molecule has 0 fully saturated rings. The van der Waals surface area contributed by atoms with E-state index >= 15 is 0 Å². The molecule has 3 aromatic rings. The molecule has 0 atom stereocenters. The largest absolute Gasteiger partial charge is 0.454 e. The van der Waals surface area contributed by atoms with Gasteiger partial charge in [0.1, 0.15) is 18.0 Å². The van der Waals surface area contributed by atoms with Gasteiger partial charge in [-0.1, -0.05) is 25.1 Å². The van der Waals surface area contributed by atoms with E-state index in [1.165, 1.54) is 5.56 Å². The summed E-state index contributed by atoms with van der Waals surface area (Å²) < 4.78 is 10.7. The van der Waals surface area contributed by atoms with Crippen LogP contribution in [0.1, 0.15) is 18.1 Å². The molecule has 6 nitrogen and oxygen atoms in total. The third kappa shape index (κ3) is 3.69. The lowest BCUT2D eigenvalue weighted by molar-refractivity contribution is 0.174. The van der Waals surface area contributed by atoms with Crippen LogP contribution in [0.4, 0.5) is 17.3 Å². The number of ether oxygens (including phenoxy) is 2. The van der Waals surface area contributed by atoms with Gasteiger partial charge in [0.15, 0.2) is 11.5 Å². The molecule has 132 valence electrons. The summed E-state index contributed by atoms with van der Waals surface area (Å²) in [5.74, 6) is 3.07. The molecule has 0 saturated carbocycles. The summed E-state index contributed by atoms with van der Waals surface area (Å²) in [5.41, 5.74) is 3.41. The highest BCUT2D eigenvalue weighted by molar-refractivity contribution is 5.59. The van der Waals surface area contributed by atoms with Crippen LogP contribution in [-0.2, 0) is 13.0 Å². The van der Waals surface area contributed by atoms with Crippen molar-refractivity contribution in [2.45, 2.75) is 19.9 Å². The van der Waals surface area contributed by atoms with E-state index in [1.54, 1.807) is 6.33 Å². The van der Waals surface area contributed by atoms with E-state index in [2.05, 4.69) is 51.8 Å². The Kier molecular flexibility index (Phi) is 4.55. The van der Waals surface area contributed by atoms with Crippen LogP contribution in [0.2, 0.25) is 0 Å². The Balaban J connectivity index is 1.40. The molecule has 0 saturated heterocycles. The first-order valence-corrected chi connectivity index (χ1v) is 8.60. The zero-order valence-electron chi connectivity index (χ0n) is 14.5. The second-order valence-electron chi connectivity index (χ2n) is 6.01. The van der Waals surface area contributed by atoms with E-state index in [0.717, 1.165) is 40.8 Å². The minimum atomic E-state index is 0.284. The number of aromatic nitrogens is 2. The Morgan fingerprint density at radius 2 is 1.65 bits per heavy atom. The molecule has 0 amide bonds. The van der Waals surface area contributed by atoms with Gasteiger partial charge in [-0.3, -0.25) is 0 Å². The van der Waals surface area contributed by atoms with E-state index in [9.17, 15) is 0 Å². The number of aryl methyl sites for hydroxylation is 1. The zero-order valence-corrected chi connectivity index (χ0v) is 14.5. The molecule has 2 N–H and O–H groups in total. The van der Waals surface area contributed by atoms with Gasteiger partial charge >= 0.3 is 0 Å². The Hall–Kier alpha value is -3.28. The fraction of sp³-hybridized carbons (Fsp3) is 0.200. The fourth-order valence-corrected chi connectivity index (χ4v) is 2.74. The van der Waals surface area contributed by atoms with Crippen molar-refractivity contribution < 1.29 is 9.47 Å². The summed E-state index contributed by atoms with van der Waals surface area (Å²) in [4.78, 5) is 8.56. The van der Waals surface area contributed by atoms with Crippen molar-refractivity contribution in [1.82, 2.24) is 9.97 Å². The SMILES string of the molecule is CCc1ccc(Nc2cc(NCc3ccc4c(c3)OCO4)ncn2)cc1. The third-order valence-electron chi connectivity index (χ3n) is 4.21. The van der Waals surface area contributed by atoms with Crippen molar-refractivity contribution in [3.63, 3.8) is 0 Å². The van der Waals surface area contributed by atoms with Crippen molar-refractivity contribution in [2.75, 3.05) is 17.4 Å². The van der Waals surface area contributed by atoms with Crippen LogP contribution in [0.15, 0.2) is 54.9 Å². The Bertz CT molecular complexity index is 897. The molecule has 4 rings (SSSR count). The summed E-state index contributed by atoms with van der Waals surface area (Å²) in [6, 6.07) is 16.1. The summed E-state index contributed by atoms with van der Waals surface area (Å²) in [6.07, 6.45) is 2.58. The van der Waals surface area contributed by atoms with Gasteiger partial charge in [0, 0.05) is 18.3 Å². The van der Waals surface area contributed by atoms with E-state index in [0.29, 0.717) is 6.54 Å². The van der Waals surface area contributed by atoms with Gasteiger partial charge in [0.25, 0.3) is 0 Å². The second-order valence-corrected chi connectivity index (χ2v) is 6.01. The van der Waals surface area contributed by atoms with Gasteiger partial charge in [-0.05, 0) is 41.8 Å². The molecule has 0 aliphatic carbocycles. The number of benzene rings is 2. The number of nitrogens with zero attached hydrogens (tertiary/aromatic N) is 2. The predicted molar refractivity (Wildman–Crippen MR) is 101 cm³/mol. The molecule has 0 spiro atoms. The van der Waals surface area contributed by atoms with Crippen LogP contribution in [0.3, 0.4) is 0 Å². The number of anilines is 3. The predicted octanol–water partition coefficient (Wildman–Crippen LogP) is 4.12. The second kappa shape index (κ2) is 7.31. The van der Waals surface area contributed by atoms with Crippen molar-refractivity contribution in [1.29, 1.82) is 0 Å². The summed E-state index contributed by atoms with van der Waals surface area (Å²) >= 11 is 0. The molecule has 26 heavy (non-hydrogen) atoms. The maximum absolute atomic E-state index is 5.41. The fourth-order valence-electron chi connectivity index (χ4n) is 2.74. The first-order chi connectivity index (χ1) is 12.8. The van der Waals surface area contributed by atoms with Crippen LogP contribution in [0, 0.1) is 0 Å². The standard InChI is InChI=1S/C20H20N4O2/c1-2-14-3-6-16(7-4-14)24-20-10-19(22-12-23-20)21-11-15-5-8-17-18(9-15)26-13-25-17/h3-10,12H,2,11,13H2,1H3,(H2,21,22,23,24). The van der Waals surface area contributed by atoms with Gasteiger partial charge < -0.3 is 20.1 Å². The van der Waals surface area contributed by atoms with E-state index in [-0.39, 0.29) is 6.79 Å². The number of rotatable bonds is 6. The minimum absolute atomic E-state index is 0.284. The minimum Gasteiger partial charge on any atom is -0.454 e. The van der Waals surface area contributed by atoms with Crippen molar-refractivity contribution in [3.05, 3.63) is 66.0 Å². The Morgan fingerprint density at radius 3 is 2.50 bits per heavy atom. The normalized spacial score (nSPS) is 12.0. The van der Waals surface area contributed by atoms with Crippen LogP contribution in [-0.4, -0.2) is 16.8 Å². The van der Waals surface area contributed by atoms with Crippen LogP contribution in [0.25, 0.3) is 0 Å². The molecule has 2 heterocycles. The number of hydrogen-bond donors (Lipinski definition) is 2. The van der Waals surface area contributed by atoms with Gasteiger partial charge in [-0.15, -0.1) is 0 Å². The highest BCUT2D eigenvalue weighted by atomic mass is 16.7. The molecular formula is C20H20N4O2. The topological polar surface area (TPSA) is 68.3 Å². The summed E-state index contributed by atoms with van der Waals surface area (Å²) in [7, 11) is 0. The van der Waals surface area contributed by atoms with Crippen LogP contribution < -0.4 is 20.1 Å². The summed E-state index contributed by atoms with van der Waals surface area (Å²) in [5, 5.41) is 6.61. The van der Waals surface area contributed by atoms with Crippen LogP contribution in [0.5, 0.6) is 11.5 Å². The number of fused-ring (bicyclic) bond motifs is 1.